The molecule has 0 heterocycles. The van der Waals surface area contributed by atoms with Crippen molar-refractivity contribution in [3.63, 3.8) is 0 Å². The van der Waals surface area contributed by atoms with Crippen LogP contribution in [0, 0.1) is 11.3 Å². The molecule has 0 aliphatic heterocycles. The number of Topliss-reactive ketones (excluding diaryl/α,β-unsaturated/α-hetero) is 1. The molecule has 22 heavy (non-hydrogen) atoms. The van der Waals surface area contributed by atoms with E-state index in [1.54, 1.807) is 19.9 Å². The van der Waals surface area contributed by atoms with E-state index in [9.17, 15) is 14.7 Å². The van der Waals surface area contributed by atoms with Gasteiger partial charge in [-0.15, -0.1) is 6.58 Å². The van der Waals surface area contributed by atoms with E-state index in [4.69, 9.17) is 4.74 Å². The number of esters is 1. The van der Waals surface area contributed by atoms with E-state index in [1.165, 1.54) is 7.11 Å². The highest BCUT2D eigenvalue weighted by Gasteiger charge is 2.47. The van der Waals surface area contributed by atoms with E-state index in [1.807, 2.05) is 6.92 Å². The predicted octanol–water partition coefficient (Wildman–Crippen LogP) is 3.01. The molecule has 0 unspecified atom stereocenters. The van der Waals surface area contributed by atoms with Crippen molar-refractivity contribution in [1.82, 2.24) is 0 Å². The van der Waals surface area contributed by atoms with Crippen molar-refractivity contribution in [2.45, 2.75) is 40.0 Å². The molecule has 1 aliphatic carbocycles. The number of hydrogen-bond acceptors (Lipinski definition) is 5. The summed E-state index contributed by atoms with van der Waals surface area (Å²) in [6.07, 6.45) is 3.14. The summed E-state index contributed by atoms with van der Waals surface area (Å²) in [5.41, 5.74) is 0.0285. The maximum absolute atomic E-state index is 12.5. The molecule has 0 fully saturated rings. The molecule has 0 amide bonds. The van der Waals surface area contributed by atoms with Gasteiger partial charge < -0.3 is 9.84 Å². The molecule has 0 aromatic rings. The summed E-state index contributed by atoms with van der Waals surface area (Å²) >= 11 is 0. The average molecular weight is 307 g/mol. The first-order chi connectivity index (χ1) is 10.3. The fourth-order valence-electron chi connectivity index (χ4n) is 2.81. The Labute approximate surface area is 131 Å². The Hall–Kier alpha value is -1.91. The third kappa shape index (κ3) is 3.64. The van der Waals surface area contributed by atoms with Gasteiger partial charge in [-0.1, -0.05) is 33.3 Å². The molecule has 0 aromatic carbocycles. The second-order valence-corrected chi connectivity index (χ2v) is 6.13. The molecule has 0 radical (unpaired) electrons. The Morgan fingerprint density at radius 3 is 2.68 bits per heavy atom. The van der Waals surface area contributed by atoms with Crippen LogP contribution in [0.3, 0.4) is 0 Å². The van der Waals surface area contributed by atoms with E-state index in [0.717, 1.165) is 6.42 Å². The largest absolute Gasteiger partial charge is 0.511 e. The monoisotopic (exact) mass is 307 g/mol. The number of aliphatic hydroxyl groups is 1. The topological polar surface area (TPSA) is 76.0 Å². The molecule has 1 atom stereocenters. The minimum Gasteiger partial charge on any atom is -0.511 e. The van der Waals surface area contributed by atoms with E-state index in [2.05, 4.69) is 11.6 Å². The van der Waals surface area contributed by atoms with Crippen LogP contribution in [0.5, 0.6) is 0 Å². The molecule has 0 saturated heterocycles. The predicted molar refractivity (Wildman–Crippen MR) is 86.0 cm³/mol. The van der Waals surface area contributed by atoms with E-state index >= 15 is 0 Å². The van der Waals surface area contributed by atoms with E-state index in [0.29, 0.717) is 18.7 Å². The van der Waals surface area contributed by atoms with Gasteiger partial charge in [-0.25, -0.2) is 0 Å². The zero-order valence-electron chi connectivity index (χ0n) is 13.8. The van der Waals surface area contributed by atoms with Crippen LogP contribution in [0.15, 0.2) is 29.0 Å². The summed E-state index contributed by atoms with van der Waals surface area (Å²) in [5, 5.41) is 10.6. The number of nitrogens with zero attached hydrogens (tertiary/aromatic N) is 1. The number of ketones is 1. The van der Waals surface area contributed by atoms with Crippen molar-refractivity contribution in [2.75, 3.05) is 13.7 Å². The summed E-state index contributed by atoms with van der Waals surface area (Å²) < 4.78 is 4.80. The molecule has 1 aliphatic rings. The number of carbonyl (C=O) groups is 2. The molecule has 0 aromatic heterocycles. The van der Waals surface area contributed by atoms with Crippen LogP contribution >= 0.6 is 0 Å². The summed E-state index contributed by atoms with van der Waals surface area (Å²) in [7, 11) is 1.28. The lowest BCUT2D eigenvalue weighted by Crippen LogP contribution is -2.41. The second-order valence-electron chi connectivity index (χ2n) is 6.13. The second kappa shape index (κ2) is 7.38. The lowest BCUT2D eigenvalue weighted by atomic mass is 9.67. The molecule has 1 rings (SSSR count). The normalized spacial score (nSPS) is 21.7. The number of rotatable bonds is 6. The molecule has 0 spiro atoms. The Kier molecular flexibility index (Phi) is 6.09. The van der Waals surface area contributed by atoms with Gasteiger partial charge in [-0.05, 0) is 11.8 Å². The lowest BCUT2D eigenvalue weighted by molar-refractivity contribution is -0.150. The Bertz CT molecular complexity index is 529. The highest BCUT2D eigenvalue weighted by Crippen LogP contribution is 2.42. The lowest BCUT2D eigenvalue weighted by Gasteiger charge is -2.36. The fourth-order valence-corrected chi connectivity index (χ4v) is 2.81. The van der Waals surface area contributed by atoms with Gasteiger partial charge in [0.15, 0.2) is 5.78 Å². The molecular formula is C17H25NO4. The van der Waals surface area contributed by atoms with Crippen molar-refractivity contribution in [1.29, 1.82) is 0 Å². The van der Waals surface area contributed by atoms with Crippen LogP contribution in [-0.4, -0.2) is 36.2 Å². The van der Waals surface area contributed by atoms with Crippen LogP contribution in [0.2, 0.25) is 0 Å². The van der Waals surface area contributed by atoms with Gasteiger partial charge in [-0.3, -0.25) is 14.6 Å². The molecule has 5 heteroatoms. The van der Waals surface area contributed by atoms with Crippen LogP contribution < -0.4 is 0 Å². The number of methoxy groups -OCH3 is 1. The van der Waals surface area contributed by atoms with Crippen LogP contribution in [0.4, 0.5) is 0 Å². The maximum Gasteiger partial charge on any atom is 0.316 e. The van der Waals surface area contributed by atoms with Gasteiger partial charge in [0, 0.05) is 12.1 Å². The van der Waals surface area contributed by atoms with Crippen molar-refractivity contribution in [3.05, 3.63) is 24.0 Å². The standard InChI is InChI=1S/C17H25NO4/c1-6-8-11(18-9-7-2)13-12(19)10-17(3,4)14(15(13)20)16(21)22-5/h7,14,20H,2,6,8-10H2,1,3-5H3/t14-/m0/s1. The smallest absolute Gasteiger partial charge is 0.316 e. The first-order valence-corrected chi connectivity index (χ1v) is 7.48. The summed E-state index contributed by atoms with van der Waals surface area (Å²) in [4.78, 5) is 28.9. The van der Waals surface area contributed by atoms with E-state index in [-0.39, 0.29) is 23.5 Å². The number of carbonyl (C=O) groups excluding carboxylic acids is 2. The van der Waals surface area contributed by atoms with Gasteiger partial charge >= 0.3 is 5.97 Å². The molecule has 0 saturated carbocycles. The van der Waals surface area contributed by atoms with Crippen LogP contribution in [0.25, 0.3) is 0 Å². The molecular weight excluding hydrogens is 282 g/mol. The molecule has 5 nitrogen and oxygen atoms in total. The maximum atomic E-state index is 12.5. The summed E-state index contributed by atoms with van der Waals surface area (Å²) in [6, 6.07) is 0. The van der Waals surface area contributed by atoms with E-state index < -0.39 is 17.3 Å². The minimum atomic E-state index is -0.851. The van der Waals surface area contributed by atoms with Crippen molar-refractivity contribution in [2.24, 2.45) is 16.3 Å². The number of allylic oxidation sites excluding steroid dienone is 1. The summed E-state index contributed by atoms with van der Waals surface area (Å²) in [5.74, 6) is -1.79. The Morgan fingerprint density at radius 2 is 2.18 bits per heavy atom. The zero-order chi connectivity index (χ0) is 16.9. The zero-order valence-corrected chi connectivity index (χ0v) is 13.8. The first kappa shape index (κ1) is 18.1. The molecule has 122 valence electrons. The molecule has 0 bridgehead atoms. The number of aliphatic hydroxyl groups excluding tert-OH is 1. The van der Waals surface area contributed by atoms with Gasteiger partial charge in [0.1, 0.15) is 11.7 Å². The third-order valence-corrected chi connectivity index (χ3v) is 3.83. The SMILES string of the molecule is C=CCN=C(CCC)C1=C(O)[C@@H](C(=O)OC)C(C)(C)CC1=O. The number of aliphatic imine (C=N–C) groups is 1. The first-order valence-electron chi connectivity index (χ1n) is 7.48. The number of ether oxygens (including phenoxy) is 1. The highest BCUT2D eigenvalue weighted by atomic mass is 16.5. The number of hydrogen-bond donors (Lipinski definition) is 1. The van der Waals surface area contributed by atoms with Crippen molar-refractivity contribution >= 4 is 17.5 Å². The quantitative estimate of drug-likeness (QED) is 0.465. The van der Waals surface area contributed by atoms with Gasteiger partial charge in [-0.2, -0.15) is 0 Å². The Balaban J connectivity index is 3.43. The van der Waals surface area contributed by atoms with Gasteiger partial charge in [0.25, 0.3) is 0 Å². The van der Waals surface area contributed by atoms with Crippen LogP contribution in [0.1, 0.15) is 40.0 Å². The van der Waals surface area contributed by atoms with Crippen molar-refractivity contribution in [3.8, 4) is 0 Å². The van der Waals surface area contributed by atoms with Crippen molar-refractivity contribution < 1.29 is 19.4 Å². The minimum absolute atomic E-state index is 0.170. The Morgan fingerprint density at radius 1 is 1.55 bits per heavy atom. The van der Waals surface area contributed by atoms with Gasteiger partial charge in [0.2, 0.25) is 0 Å². The molecule has 1 N–H and O–H groups in total. The fraction of sp³-hybridized carbons (Fsp3) is 0.588. The van der Waals surface area contributed by atoms with Gasteiger partial charge in [0.05, 0.1) is 19.2 Å². The highest BCUT2D eigenvalue weighted by molar-refractivity contribution is 6.23. The third-order valence-electron chi connectivity index (χ3n) is 3.83. The summed E-state index contributed by atoms with van der Waals surface area (Å²) in [6.45, 7) is 9.50. The average Bonchev–Trinajstić information content (AvgIpc) is 2.42. The van der Waals surface area contributed by atoms with Crippen LogP contribution in [-0.2, 0) is 14.3 Å².